The van der Waals surface area contributed by atoms with Gasteiger partial charge in [0, 0.05) is 26.2 Å². The topological polar surface area (TPSA) is 6.48 Å². The van der Waals surface area contributed by atoms with Crippen LogP contribution in [0.15, 0.2) is 0 Å². The van der Waals surface area contributed by atoms with Gasteiger partial charge in [0.1, 0.15) is 4.33 Å². The van der Waals surface area contributed by atoms with Crippen LogP contribution in [0.1, 0.15) is 12.8 Å². The molecule has 0 aromatic heterocycles. The lowest BCUT2D eigenvalue weighted by Gasteiger charge is -2.32. The summed E-state index contributed by atoms with van der Waals surface area (Å²) >= 11 is 12.0. The van der Waals surface area contributed by atoms with E-state index in [0.29, 0.717) is 5.92 Å². The molecule has 1 heterocycles. The molecule has 2 aliphatic rings. The zero-order chi connectivity index (χ0) is 10.2. The molecule has 4 heteroatoms. The van der Waals surface area contributed by atoms with Gasteiger partial charge in [0.2, 0.25) is 0 Å². The quantitative estimate of drug-likeness (QED) is 0.691. The smallest absolute Gasteiger partial charge is 0.121 e. The molecule has 82 valence electrons. The van der Waals surface area contributed by atoms with E-state index >= 15 is 0 Å². The van der Waals surface area contributed by atoms with Crippen molar-refractivity contribution in [1.29, 1.82) is 0 Å². The van der Waals surface area contributed by atoms with Gasteiger partial charge in [0.15, 0.2) is 0 Å². The molecule has 14 heavy (non-hydrogen) atoms. The summed E-state index contributed by atoms with van der Waals surface area (Å²) in [6.45, 7) is 5.94. The predicted octanol–water partition coefficient (Wildman–Crippen LogP) is 1.82. The second-order valence-electron chi connectivity index (χ2n) is 4.60. The van der Waals surface area contributed by atoms with Crippen molar-refractivity contribution in [3.63, 3.8) is 0 Å². The van der Waals surface area contributed by atoms with Crippen LogP contribution in [0.5, 0.6) is 0 Å². The summed E-state index contributed by atoms with van der Waals surface area (Å²) in [5, 5.41) is 0. The minimum Gasteiger partial charge on any atom is -0.304 e. The van der Waals surface area contributed by atoms with Crippen molar-refractivity contribution in [2.24, 2.45) is 5.92 Å². The van der Waals surface area contributed by atoms with Crippen LogP contribution in [0.4, 0.5) is 0 Å². The minimum absolute atomic E-state index is 0.382. The molecule has 0 radical (unpaired) electrons. The molecule has 1 aliphatic heterocycles. The van der Waals surface area contributed by atoms with Gasteiger partial charge in [-0.25, -0.2) is 0 Å². The lowest BCUT2D eigenvalue weighted by Crippen LogP contribution is -2.44. The number of hydrogen-bond acceptors (Lipinski definition) is 2. The van der Waals surface area contributed by atoms with Gasteiger partial charge in [-0.15, -0.1) is 23.2 Å². The molecule has 2 nitrogen and oxygen atoms in total. The number of alkyl halides is 2. The number of piperazine rings is 1. The SMILES string of the molecule is CN1CCN(CCC2CC2(Cl)Cl)CC1. The zero-order valence-electron chi connectivity index (χ0n) is 8.68. The highest BCUT2D eigenvalue weighted by atomic mass is 35.5. The van der Waals surface area contributed by atoms with Crippen LogP contribution in [0.3, 0.4) is 0 Å². The van der Waals surface area contributed by atoms with Crippen LogP contribution >= 0.6 is 23.2 Å². The summed E-state index contributed by atoms with van der Waals surface area (Å²) in [5.74, 6) is 0.547. The molecule has 1 saturated heterocycles. The Hall–Kier alpha value is 0.500. The van der Waals surface area contributed by atoms with Gasteiger partial charge in [-0.2, -0.15) is 0 Å². The molecule has 1 saturated carbocycles. The van der Waals surface area contributed by atoms with Gasteiger partial charge in [0.25, 0.3) is 0 Å². The average molecular weight is 237 g/mol. The summed E-state index contributed by atoms with van der Waals surface area (Å²) in [7, 11) is 2.18. The normalized spacial score (nSPS) is 33.2. The fourth-order valence-corrected chi connectivity index (χ4v) is 2.58. The van der Waals surface area contributed by atoms with Crippen molar-refractivity contribution in [3.8, 4) is 0 Å². The van der Waals surface area contributed by atoms with Crippen LogP contribution < -0.4 is 0 Å². The molecular formula is C10H18Cl2N2. The third kappa shape index (κ3) is 2.75. The molecule has 0 N–H and O–H groups in total. The van der Waals surface area contributed by atoms with Gasteiger partial charge in [0.05, 0.1) is 0 Å². The first kappa shape index (κ1) is 11.0. The Morgan fingerprint density at radius 3 is 2.29 bits per heavy atom. The Labute approximate surface area is 96.1 Å². The number of nitrogens with zero attached hydrogens (tertiary/aromatic N) is 2. The molecule has 0 aromatic rings. The van der Waals surface area contributed by atoms with E-state index in [1.165, 1.54) is 32.7 Å². The molecule has 2 fully saturated rings. The van der Waals surface area contributed by atoms with Crippen LogP contribution in [0.25, 0.3) is 0 Å². The fourth-order valence-electron chi connectivity index (χ4n) is 1.99. The average Bonchev–Trinajstić information content (AvgIpc) is 2.73. The maximum Gasteiger partial charge on any atom is 0.121 e. The highest BCUT2D eigenvalue weighted by Crippen LogP contribution is 2.54. The lowest BCUT2D eigenvalue weighted by atomic mass is 10.2. The van der Waals surface area contributed by atoms with Crippen molar-refractivity contribution in [2.75, 3.05) is 39.8 Å². The van der Waals surface area contributed by atoms with E-state index in [0.717, 1.165) is 12.8 Å². The summed E-state index contributed by atoms with van der Waals surface area (Å²) < 4.78 is -0.382. The number of halogens is 2. The molecule has 1 atom stereocenters. The Bertz CT molecular complexity index is 200. The van der Waals surface area contributed by atoms with Gasteiger partial charge < -0.3 is 9.80 Å². The highest BCUT2D eigenvalue weighted by molar-refractivity contribution is 6.50. The van der Waals surface area contributed by atoms with Crippen LogP contribution in [0.2, 0.25) is 0 Å². The van der Waals surface area contributed by atoms with Crippen LogP contribution in [0, 0.1) is 5.92 Å². The van der Waals surface area contributed by atoms with E-state index in [9.17, 15) is 0 Å². The maximum absolute atomic E-state index is 5.99. The molecule has 0 aromatic carbocycles. The van der Waals surface area contributed by atoms with E-state index in [1.54, 1.807) is 0 Å². The van der Waals surface area contributed by atoms with Gasteiger partial charge in [-0.3, -0.25) is 0 Å². The third-order valence-corrected chi connectivity index (χ3v) is 4.27. The van der Waals surface area contributed by atoms with E-state index in [1.807, 2.05) is 0 Å². The Morgan fingerprint density at radius 1 is 1.21 bits per heavy atom. The van der Waals surface area contributed by atoms with Crippen molar-refractivity contribution in [1.82, 2.24) is 9.80 Å². The highest BCUT2D eigenvalue weighted by Gasteiger charge is 2.50. The minimum atomic E-state index is -0.382. The first-order valence-electron chi connectivity index (χ1n) is 5.37. The van der Waals surface area contributed by atoms with Crippen molar-refractivity contribution >= 4 is 23.2 Å². The fraction of sp³-hybridized carbons (Fsp3) is 1.00. The lowest BCUT2D eigenvalue weighted by molar-refractivity contribution is 0.151. The largest absolute Gasteiger partial charge is 0.304 e. The maximum atomic E-state index is 5.99. The Balaban J connectivity index is 1.62. The molecule has 0 spiro atoms. The van der Waals surface area contributed by atoms with Crippen molar-refractivity contribution < 1.29 is 0 Å². The molecule has 1 unspecified atom stereocenters. The summed E-state index contributed by atoms with van der Waals surface area (Å²) in [5.41, 5.74) is 0. The summed E-state index contributed by atoms with van der Waals surface area (Å²) in [6.07, 6.45) is 2.15. The first-order chi connectivity index (χ1) is 6.58. The van der Waals surface area contributed by atoms with Gasteiger partial charge >= 0.3 is 0 Å². The van der Waals surface area contributed by atoms with E-state index in [4.69, 9.17) is 23.2 Å². The molecule has 0 amide bonds. The standard InChI is InChI=1S/C10H18Cl2N2/c1-13-4-6-14(7-5-13)3-2-9-8-10(9,11)12/h9H,2-8H2,1H3. The van der Waals surface area contributed by atoms with Crippen molar-refractivity contribution in [2.45, 2.75) is 17.2 Å². The second-order valence-corrected chi connectivity index (χ2v) is 6.14. The van der Waals surface area contributed by atoms with Gasteiger partial charge in [-0.1, -0.05) is 0 Å². The van der Waals surface area contributed by atoms with Crippen LogP contribution in [-0.4, -0.2) is 53.9 Å². The molecule has 1 aliphatic carbocycles. The van der Waals surface area contributed by atoms with Gasteiger partial charge in [-0.05, 0) is 32.4 Å². The monoisotopic (exact) mass is 236 g/mol. The summed E-state index contributed by atoms with van der Waals surface area (Å²) in [4.78, 5) is 4.89. The zero-order valence-corrected chi connectivity index (χ0v) is 10.2. The van der Waals surface area contributed by atoms with E-state index < -0.39 is 0 Å². The third-order valence-electron chi connectivity index (χ3n) is 3.35. The Kier molecular flexibility index (Phi) is 3.27. The Morgan fingerprint density at radius 2 is 1.79 bits per heavy atom. The molecular weight excluding hydrogens is 219 g/mol. The van der Waals surface area contributed by atoms with E-state index in [-0.39, 0.29) is 4.33 Å². The number of hydrogen-bond donors (Lipinski definition) is 0. The predicted molar refractivity (Wildman–Crippen MR) is 61.1 cm³/mol. The van der Waals surface area contributed by atoms with Crippen LogP contribution in [-0.2, 0) is 0 Å². The second kappa shape index (κ2) is 4.17. The number of likely N-dealkylation sites (N-methyl/N-ethyl adjacent to an activating group) is 1. The summed E-state index contributed by atoms with van der Waals surface area (Å²) in [6, 6.07) is 0. The van der Waals surface area contributed by atoms with E-state index in [2.05, 4.69) is 16.8 Å². The van der Waals surface area contributed by atoms with Crippen molar-refractivity contribution in [3.05, 3.63) is 0 Å². The first-order valence-corrected chi connectivity index (χ1v) is 6.12. The number of rotatable bonds is 3. The molecule has 2 rings (SSSR count). The molecule has 0 bridgehead atoms.